The molecule has 130 valence electrons. The van der Waals surface area contributed by atoms with Gasteiger partial charge in [-0.05, 0) is 56.5 Å². The second kappa shape index (κ2) is 7.75. The van der Waals surface area contributed by atoms with Gasteiger partial charge in [-0.25, -0.2) is 4.39 Å². The smallest absolute Gasteiger partial charge is 0.253 e. The van der Waals surface area contributed by atoms with Gasteiger partial charge in [-0.3, -0.25) is 9.59 Å². The number of hydrogen-bond acceptors (Lipinski definition) is 3. The van der Waals surface area contributed by atoms with Crippen molar-refractivity contribution in [2.24, 2.45) is 5.92 Å². The first kappa shape index (κ1) is 16.9. The molecule has 2 fully saturated rings. The Hall–Kier alpha value is -1.95. The minimum Gasteiger partial charge on any atom is -0.352 e. The van der Waals surface area contributed by atoms with Crippen molar-refractivity contribution >= 4 is 11.8 Å². The zero-order valence-corrected chi connectivity index (χ0v) is 13.8. The zero-order valence-electron chi connectivity index (χ0n) is 13.8. The lowest BCUT2D eigenvalue weighted by Crippen LogP contribution is -2.51. The first-order valence-corrected chi connectivity index (χ1v) is 8.69. The van der Waals surface area contributed by atoms with Gasteiger partial charge in [0.15, 0.2) is 0 Å². The third-order valence-corrected chi connectivity index (χ3v) is 4.81. The molecule has 2 aliphatic rings. The third kappa shape index (κ3) is 4.12. The van der Waals surface area contributed by atoms with E-state index < -0.39 is 0 Å². The van der Waals surface area contributed by atoms with E-state index in [1.54, 1.807) is 4.90 Å². The number of carbonyl (C=O) groups is 2. The van der Waals surface area contributed by atoms with Crippen LogP contribution in [-0.4, -0.2) is 48.9 Å². The zero-order chi connectivity index (χ0) is 16.9. The molecule has 2 heterocycles. The van der Waals surface area contributed by atoms with Crippen molar-refractivity contribution in [3.05, 3.63) is 35.6 Å². The molecule has 0 saturated carbocycles. The van der Waals surface area contributed by atoms with E-state index in [0.29, 0.717) is 18.7 Å². The molecule has 2 N–H and O–H groups in total. The van der Waals surface area contributed by atoms with Crippen LogP contribution >= 0.6 is 0 Å². The largest absolute Gasteiger partial charge is 0.352 e. The minimum atomic E-state index is -0.358. The Bertz CT molecular complexity index is 584. The van der Waals surface area contributed by atoms with Gasteiger partial charge in [0, 0.05) is 31.2 Å². The highest BCUT2D eigenvalue weighted by Crippen LogP contribution is 2.19. The average Bonchev–Trinajstić information content (AvgIpc) is 2.63. The maximum absolute atomic E-state index is 13.0. The second-order valence-electron chi connectivity index (χ2n) is 6.65. The van der Waals surface area contributed by atoms with Crippen molar-refractivity contribution < 1.29 is 14.0 Å². The van der Waals surface area contributed by atoms with Crippen LogP contribution < -0.4 is 10.6 Å². The van der Waals surface area contributed by atoms with Gasteiger partial charge < -0.3 is 15.5 Å². The summed E-state index contributed by atoms with van der Waals surface area (Å²) in [7, 11) is 0. The minimum absolute atomic E-state index is 0.0420. The molecule has 3 rings (SSSR count). The number of carbonyl (C=O) groups excluding carboxylic acids is 2. The lowest BCUT2D eigenvalue weighted by molar-refractivity contribution is -0.127. The number of amides is 2. The Kier molecular flexibility index (Phi) is 5.45. The van der Waals surface area contributed by atoms with Crippen LogP contribution in [0.4, 0.5) is 4.39 Å². The van der Waals surface area contributed by atoms with E-state index in [1.165, 1.54) is 24.3 Å². The molecule has 0 aromatic heterocycles. The molecule has 2 atom stereocenters. The van der Waals surface area contributed by atoms with Crippen molar-refractivity contribution in [1.82, 2.24) is 15.5 Å². The van der Waals surface area contributed by atoms with Gasteiger partial charge in [0.05, 0.1) is 5.92 Å². The van der Waals surface area contributed by atoms with E-state index in [-0.39, 0.29) is 29.6 Å². The van der Waals surface area contributed by atoms with Crippen LogP contribution in [0.25, 0.3) is 0 Å². The summed E-state index contributed by atoms with van der Waals surface area (Å²) >= 11 is 0. The molecule has 0 bridgehead atoms. The molecule has 0 spiro atoms. The highest BCUT2D eigenvalue weighted by molar-refractivity contribution is 5.94. The Morgan fingerprint density at radius 2 is 1.96 bits per heavy atom. The molecule has 0 radical (unpaired) electrons. The average molecular weight is 333 g/mol. The summed E-state index contributed by atoms with van der Waals surface area (Å²) in [6, 6.07) is 5.76. The first-order chi connectivity index (χ1) is 11.6. The molecule has 2 saturated heterocycles. The monoisotopic (exact) mass is 333 g/mol. The van der Waals surface area contributed by atoms with Gasteiger partial charge >= 0.3 is 0 Å². The van der Waals surface area contributed by atoms with Crippen LogP contribution in [-0.2, 0) is 4.79 Å². The van der Waals surface area contributed by atoms with Crippen molar-refractivity contribution in [2.45, 2.75) is 31.7 Å². The van der Waals surface area contributed by atoms with Crippen LogP contribution in [0.2, 0.25) is 0 Å². The molecular weight excluding hydrogens is 309 g/mol. The van der Waals surface area contributed by atoms with E-state index in [9.17, 15) is 14.0 Å². The molecule has 2 unspecified atom stereocenters. The van der Waals surface area contributed by atoms with Crippen LogP contribution in [0.15, 0.2) is 24.3 Å². The molecule has 2 amide bonds. The van der Waals surface area contributed by atoms with Crippen LogP contribution in [0.1, 0.15) is 36.0 Å². The number of piperidine rings is 2. The summed E-state index contributed by atoms with van der Waals surface area (Å²) in [6.07, 6.45) is 3.70. The van der Waals surface area contributed by atoms with Gasteiger partial charge in [0.1, 0.15) is 5.82 Å². The summed E-state index contributed by atoms with van der Waals surface area (Å²) < 4.78 is 13.0. The highest BCUT2D eigenvalue weighted by atomic mass is 19.1. The second-order valence-corrected chi connectivity index (χ2v) is 6.65. The van der Waals surface area contributed by atoms with Gasteiger partial charge in [0.2, 0.25) is 5.91 Å². The number of nitrogens with one attached hydrogen (secondary N) is 2. The first-order valence-electron chi connectivity index (χ1n) is 8.69. The standard InChI is InChI=1S/C18H24FN3O2/c19-15-7-5-13(6-8-15)18(24)22-10-2-3-14(12-22)17(23)21-16-4-1-9-20-11-16/h5-8,14,16,20H,1-4,9-12H2,(H,21,23). The fraction of sp³-hybridized carbons (Fsp3) is 0.556. The maximum Gasteiger partial charge on any atom is 0.253 e. The molecule has 0 aliphatic carbocycles. The SMILES string of the molecule is O=C(NC1CCCNC1)C1CCCN(C(=O)c2ccc(F)cc2)C1. The fourth-order valence-corrected chi connectivity index (χ4v) is 3.44. The van der Waals surface area contributed by atoms with Crippen LogP contribution in [0.5, 0.6) is 0 Å². The molecule has 24 heavy (non-hydrogen) atoms. The van der Waals surface area contributed by atoms with Crippen molar-refractivity contribution in [3.63, 3.8) is 0 Å². The van der Waals surface area contributed by atoms with Gasteiger partial charge in [-0.1, -0.05) is 0 Å². The molecule has 6 heteroatoms. The number of likely N-dealkylation sites (tertiary alicyclic amines) is 1. The Morgan fingerprint density at radius 3 is 2.67 bits per heavy atom. The number of nitrogens with zero attached hydrogens (tertiary/aromatic N) is 1. The van der Waals surface area contributed by atoms with Gasteiger partial charge in [0.25, 0.3) is 5.91 Å². The van der Waals surface area contributed by atoms with Crippen LogP contribution in [0.3, 0.4) is 0 Å². The Balaban J connectivity index is 1.58. The number of benzene rings is 1. The van der Waals surface area contributed by atoms with E-state index in [0.717, 1.165) is 38.8 Å². The lowest BCUT2D eigenvalue weighted by atomic mass is 9.95. The molecular formula is C18H24FN3O2. The molecule has 1 aromatic rings. The number of hydrogen-bond donors (Lipinski definition) is 2. The maximum atomic E-state index is 13.0. The summed E-state index contributed by atoms with van der Waals surface area (Å²) in [5.74, 6) is -0.610. The fourth-order valence-electron chi connectivity index (χ4n) is 3.44. The Labute approximate surface area is 141 Å². The van der Waals surface area contributed by atoms with Gasteiger partial charge in [-0.15, -0.1) is 0 Å². The molecule has 2 aliphatic heterocycles. The highest BCUT2D eigenvalue weighted by Gasteiger charge is 2.30. The number of rotatable bonds is 3. The summed E-state index contributed by atoms with van der Waals surface area (Å²) in [5.41, 5.74) is 0.467. The van der Waals surface area contributed by atoms with Crippen molar-refractivity contribution in [3.8, 4) is 0 Å². The van der Waals surface area contributed by atoms with Crippen LogP contribution in [0, 0.1) is 11.7 Å². The Morgan fingerprint density at radius 1 is 1.17 bits per heavy atom. The topological polar surface area (TPSA) is 61.4 Å². The summed E-state index contributed by atoms with van der Waals surface area (Å²) in [4.78, 5) is 26.7. The van der Waals surface area contributed by atoms with E-state index >= 15 is 0 Å². The quantitative estimate of drug-likeness (QED) is 0.882. The van der Waals surface area contributed by atoms with Crippen molar-refractivity contribution in [1.29, 1.82) is 0 Å². The molecule has 1 aromatic carbocycles. The van der Waals surface area contributed by atoms with Gasteiger partial charge in [-0.2, -0.15) is 0 Å². The van der Waals surface area contributed by atoms with E-state index in [2.05, 4.69) is 10.6 Å². The lowest BCUT2D eigenvalue weighted by Gasteiger charge is -2.33. The molecule has 5 nitrogen and oxygen atoms in total. The predicted octanol–water partition coefficient (Wildman–Crippen LogP) is 1.55. The summed E-state index contributed by atoms with van der Waals surface area (Å²) in [6.45, 7) is 2.90. The summed E-state index contributed by atoms with van der Waals surface area (Å²) in [5, 5.41) is 6.39. The number of halogens is 1. The normalized spacial score (nSPS) is 24.5. The third-order valence-electron chi connectivity index (χ3n) is 4.81. The predicted molar refractivity (Wildman–Crippen MR) is 89.1 cm³/mol. The van der Waals surface area contributed by atoms with E-state index in [4.69, 9.17) is 0 Å². The van der Waals surface area contributed by atoms with E-state index in [1.807, 2.05) is 0 Å². The van der Waals surface area contributed by atoms with Crippen molar-refractivity contribution in [2.75, 3.05) is 26.2 Å².